The quantitative estimate of drug-likeness (QED) is 0.874. The topological polar surface area (TPSA) is 24.9 Å². The summed E-state index contributed by atoms with van der Waals surface area (Å²) in [6.07, 6.45) is 4.27. The number of nitrogens with one attached hydrogen (secondary N) is 1. The van der Waals surface area contributed by atoms with Crippen molar-refractivity contribution in [3.63, 3.8) is 0 Å². The summed E-state index contributed by atoms with van der Waals surface area (Å²) in [5.74, 6) is 0. The Morgan fingerprint density at radius 1 is 1.20 bits per heavy atom. The molecule has 1 atom stereocenters. The third-order valence-corrected chi connectivity index (χ3v) is 4.17. The third kappa shape index (κ3) is 3.51. The molecule has 1 unspecified atom stereocenters. The number of hydrogen-bond acceptors (Lipinski definition) is 2. The van der Waals surface area contributed by atoms with Gasteiger partial charge >= 0.3 is 0 Å². The van der Waals surface area contributed by atoms with E-state index in [2.05, 4.69) is 30.2 Å². The van der Waals surface area contributed by atoms with E-state index >= 15 is 0 Å². The van der Waals surface area contributed by atoms with Gasteiger partial charge in [-0.2, -0.15) is 0 Å². The van der Waals surface area contributed by atoms with Crippen LogP contribution in [0.4, 0.5) is 0 Å². The van der Waals surface area contributed by atoms with Crippen molar-refractivity contribution in [1.29, 1.82) is 0 Å². The number of halogens is 2. The van der Waals surface area contributed by atoms with Gasteiger partial charge in [-0.15, -0.1) is 0 Å². The van der Waals surface area contributed by atoms with Crippen LogP contribution in [-0.4, -0.2) is 11.5 Å². The molecule has 20 heavy (non-hydrogen) atoms. The van der Waals surface area contributed by atoms with E-state index in [1.165, 1.54) is 5.56 Å². The maximum atomic E-state index is 6.23. The molecule has 0 saturated heterocycles. The van der Waals surface area contributed by atoms with E-state index in [0.717, 1.165) is 29.1 Å². The SMILES string of the molecule is CCNC(Cc1ccncc1Cl)c1cccc(Cl)c1C. The first-order valence-electron chi connectivity index (χ1n) is 6.70. The van der Waals surface area contributed by atoms with Crippen LogP contribution in [0.25, 0.3) is 0 Å². The molecule has 0 bridgehead atoms. The van der Waals surface area contributed by atoms with Gasteiger partial charge in [-0.3, -0.25) is 4.98 Å². The number of likely N-dealkylation sites (N-methyl/N-ethyl adjacent to an activating group) is 1. The molecule has 1 aromatic carbocycles. The molecule has 0 saturated carbocycles. The Labute approximate surface area is 130 Å². The van der Waals surface area contributed by atoms with Gasteiger partial charge in [0.15, 0.2) is 0 Å². The van der Waals surface area contributed by atoms with Crippen molar-refractivity contribution in [3.05, 3.63) is 63.4 Å². The molecule has 2 nitrogen and oxygen atoms in total. The molecule has 0 aliphatic carbocycles. The van der Waals surface area contributed by atoms with E-state index < -0.39 is 0 Å². The molecule has 0 aliphatic rings. The first-order chi connectivity index (χ1) is 9.63. The predicted octanol–water partition coefficient (Wildman–Crippen LogP) is 4.59. The summed E-state index contributed by atoms with van der Waals surface area (Å²) < 4.78 is 0. The highest BCUT2D eigenvalue weighted by molar-refractivity contribution is 6.31. The molecule has 2 rings (SSSR count). The Morgan fingerprint density at radius 3 is 2.70 bits per heavy atom. The third-order valence-electron chi connectivity index (χ3n) is 3.42. The lowest BCUT2D eigenvalue weighted by Crippen LogP contribution is -2.24. The minimum absolute atomic E-state index is 0.193. The smallest absolute Gasteiger partial charge is 0.0622 e. The number of rotatable bonds is 5. The van der Waals surface area contributed by atoms with E-state index in [0.29, 0.717) is 5.02 Å². The van der Waals surface area contributed by atoms with Crippen molar-refractivity contribution in [2.24, 2.45) is 0 Å². The molecule has 0 radical (unpaired) electrons. The lowest BCUT2D eigenvalue weighted by atomic mass is 9.95. The second-order valence-corrected chi connectivity index (χ2v) is 5.55. The highest BCUT2D eigenvalue weighted by atomic mass is 35.5. The molecule has 2 aromatic rings. The van der Waals surface area contributed by atoms with Crippen LogP contribution >= 0.6 is 23.2 Å². The number of benzene rings is 1. The minimum atomic E-state index is 0.193. The average Bonchev–Trinajstić information content (AvgIpc) is 2.44. The van der Waals surface area contributed by atoms with E-state index in [9.17, 15) is 0 Å². The summed E-state index contributed by atoms with van der Waals surface area (Å²) in [7, 11) is 0. The number of hydrogen-bond donors (Lipinski definition) is 1. The van der Waals surface area contributed by atoms with Crippen molar-refractivity contribution in [1.82, 2.24) is 10.3 Å². The number of aromatic nitrogens is 1. The average molecular weight is 309 g/mol. The van der Waals surface area contributed by atoms with Gasteiger partial charge in [0.05, 0.1) is 5.02 Å². The lowest BCUT2D eigenvalue weighted by molar-refractivity contribution is 0.547. The zero-order valence-electron chi connectivity index (χ0n) is 11.7. The van der Waals surface area contributed by atoms with Crippen molar-refractivity contribution >= 4 is 23.2 Å². The number of pyridine rings is 1. The molecule has 1 N–H and O–H groups in total. The van der Waals surface area contributed by atoms with Crippen LogP contribution in [0.2, 0.25) is 10.0 Å². The standard InChI is InChI=1S/C16H18Cl2N2/c1-3-20-16(9-12-7-8-19-10-15(12)18)13-5-4-6-14(17)11(13)2/h4-8,10,16,20H,3,9H2,1-2H3. The Kier molecular flexibility index (Phi) is 5.41. The molecule has 1 heterocycles. The van der Waals surface area contributed by atoms with E-state index in [1.54, 1.807) is 12.4 Å². The molecule has 106 valence electrons. The molecular formula is C16H18Cl2N2. The van der Waals surface area contributed by atoms with Crippen molar-refractivity contribution in [3.8, 4) is 0 Å². The zero-order chi connectivity index (χ0) is 14.5. The minimum Gasteiger partial charge on any atom is -0.310 e. The summed E-state index contributed by atoms with van der Waals surface area (Å²) in [5.41, 5.74) is 3.42. The van der Waals surface area contributed by atoms with Crippen LogP contribution in [0.3, 0.4) is 0 Å². The predicted molar refractivity (Wildman–Crippen MR) is 85.6 cm³/mol. The van der Waals surface area contributed by atoms with Gasteiger partial charge in [-0.1, -0.05) is 42.3 Å². The highest BCUT2D eigenvalue weighted by Gasteiger charge is 2.16. The van der Waals surface area contributed by atoms with Gasteiger partial charge in [0.1, 0.15) is 0 Å². The largest absolute Gasteiger partial charge is 0.310 e. The highest BCUT2D eigenvalue weighted by Crippen LogP contribution is 2.28. The van der Waals surface area contributed by atoms with Crippen LogP contribution in [0.15, 0.2) is 36.7 Å². The summed E-state index contributed by atoms with van der Waals surface area (Å²) in [5, 5.41) is 5.01. The summed E-state index contributed by atoms with van der Waals surface area (Å²) in [4.78, 5) is 4.03. The first kappa shape index (κ1) is 15.3. The van der Waals surface area contributed by atoms with Gasteiger partial charge in [0.2, 0.25) is 0 Å². The van der Waals surface area contributed by atoms with Crippen molar-refractivity contribution in [2.45, 2.75) is 26.3 Å². The Morgan fingerprint density at radius 2 is 2.00 bits per heavy atom. The monoisotopic (exact) mass is 308 g/mol. The van der Waals surface area contributed by atoms with Gasteiger partial charge in [0, 0.05) is 23.5 Å². The Hall–Kier alpha value is -1.09. The van der Waals surface area contributed by atoms with Gasteiger partial charge in [0.25, 0.3) is 0 Å². The van der Waals surface area contributed by atoms with E-state index in [4.69, 9.17) is 23.2 Å². The molecule has 0 aliphatic heterocycles. The van der Waals surface area contributed by atoms with Crippen molar-refractivity contribution in [2.75, 3.05) is 6.54 Å². The Balaban J connectivity index is 2.32. The fourth-order valence-electron chi connectivity index (χ4n) is 2.33. The molecule has 0 spiro atoms. The fraction of sp³-hybridized carbons (Fsp3) is 0.312. The van der Waals surface area contributed by atoms with Crippen LogP contribution in [0.1, 0.15) is 29.7 Å². The van der Waals surface area contributed by atoms with Gasteiger partial charge in [-0.05, 0) is 48.7 Å². The van der Waals surface area contributed by atoms with E-state index in [-0.39, 0.29) is 6.04 Å². The van der Waals surface area contributed by atoms with Crippen LogP contribution in [0.5, 0.6) is 0 Å². The molecule has 1 aromatic heterocycles. The lowest BCUT2D eigenvalue weighted by Gasteiger charge is -2.21. The van der Waals surface area contributed by atoms with Crippen LogP contribution < -0.4 is 5.32 Å². The van der Waals surface area contributed by atoms with Crippen molar-refractivity contribution < 1.29 is 0 Å². The molecular weight excluding hydrogens is 291 g/mol. The maximum absolute atomic E-state index is 6.23. The second kappa shape index (κ2) is 7.07. The van der Waals surface area contributed by atoms with Gasteiger partial charge < -0.3 is 5.32 Å². The molecule has 0 fully saturated rings. The summed E-state index contributed by atoms with van der Waals surface area (Å²) in [6, 6.07) is 8.18. The second-order valence-electron chi connectivity index (χ2n) is 4.74. The van der Waals surface area contributed by atoms with Crippen LogP contribution in [0, 0.1) is 6.92 Å². The van der Waals surface area contributed by atoms with Gasteiger partial charge in [-0.25, -0.2) is 0 Å². The normalized spacial score (nSPS) is 12.4. The summed E-state index contributed by atoms with van der Waals surface area (Å²) in [6.45, 7) is 5.04. The molecule has 0 amide bonds. The summed E-state index contributed by atoms with van der Waals surface area (Å²) >= 11 is 12.4. The molecule has 4 heteroatoms. The zero-order valence-corrected chi connectivity index (χ0v) is 13.2. The fourth-order valence-corrected chi connectivity index (χ4v) is 2.71. The van der Waals surface area contributed by atoms with E-state index in [1.807, 2.05) is 18.2 Å². The first-order valence-corrected chi connectivity index (χ1v) is 7.45. The number of nitrogens with zero attached hydrogens (tertiary/aromatic N) is 1. The van der Waals surface area contributed by atoms with Crippen LogP contribution in [-0.2, 0) is 6.42 Å². The Bertz CT molecular complexity index is 584. The maximum Gasteiger partial charge on any atom is 0.0622 e.